The van der Waals surface area contributed by atoms with Gasteiger partial charge in [0.1, 0.15) is 12.4 Å². The van der Waals surface area contributed by atoms with Crippen LogP contribution in [0.15, 0.2) is 48.5 Å². The monoisotopic (exact) mass is 296 g/mol. The quantitative estimate of drug-likeness (QED) is 0.694. The Hall–Kier alpha value is -2.89. The van der Waals surface area contributed by atoms with E-state index in [1.807, 2.05) is 31.2 Å². The molecule has 3 aromatic rings. The van der Waals surface area contributed by atoms with Crippen LogP contribution in [0.25, 0.3) is 11.4 Å². The van der Waals surface area contributed by atoms with E-state index in [2.05, 4.69) is 15.5 Å². The number of benzene rings is 2. The maximum Gasteiger partial charge on any atom is 0.184 e. The zero-order valence-corrected chi connectivity index (χ0v) is 11.9. The fraction of sp³-hybridized carbons (Fsp3) is 0.125. The first-order valence-corrected chi connectivity index (χ1v) is 6.75. The number of carbonyl (C=O) groups is 1. The molecular formula is C16H13FN4O. The molecule has 0 spiro atoms. The molecule has 0 unspecified atom stereocenters. The molecule has 110 valence electrons. The molecule has 22 heavy (non-hydrogen) atoms. The van der Waals surface area contributed by atoms with Crippen molar-refractivity contribution < 1.29 is 9.18 Å². The number of nitrogens with zero attached hydrogens (tertiary/aromatic N) is 4. The number of carbonyl (C=O) groups excluding carboxylic acids is 1. The highest BCUT2D eigenvalue weighted by molar-refractivity contribution is 5.96. The number of hydrogen-bond donors (Lipinski definition) is 0. The number of hydrogen-bond acceptors (Lipinski definition) is 4. The number of halogens is 1. The lowest BCUT2D eigenvalue weighted by Crippen LogP contribution is -2.13. The van der Waals surface area contributed by atoms with Crippen LogP contribution in [-0.4, -0.2) is 26.0 Å². The highest BCUT2D eigenvalue weighted by Gasteiger charge is 2.13. The Morgan fingerprint density at radius 2 is 1.77 bits per heavy atom. The minimum Gasteiger partial charge on any atom is -0.292 e. The van der Waals surface area contributed by atoms with E-state index >= 15 is 0 Å². The van der Waals surface area contributed by atoms with E-state index in [1.165, 1.54) is 28.9 Å². The SMILES string of the molecule is Cc1ccc(-c2nnnn2CC(=O)c2ccc(F)cc2)cc1. The molecule has 0 aliphatic rings. The van der Waals surface area contributed by atoms with Gasteiger partial charge in [-0.05, 0) is 41.6 Å². The van der Waals surface area contributed by atoms with Crippen molar-refractivity contribution >= 4 is 5.78 Å². The summed E-state index contributed by atoms with van der Waals surface area (Å²) in [6.07, 6.45) is 0. The molecule has 0 saturated heterocycles. The summed E-state index contributed by atoms with van der Waals surface area (Å²) in [4.78, 5) is 12.2. The Bertz CT molecular complexity index is 794. The second-order valence-corrected chi connectivity index (χ2v) is 4.96. The van der Waals surface area contributed by atoms with Crippen molar-refractivity contribution in [3.05, 3.63) is 65.5 Å². The lowest BCUT2D eigenvalue weighted by atomic mass is 10.1. The molecule has 0 atom stereocenters. The Balaban J connectivity index is 1.84. The van der Waals surface area contributed by atoms with Crippen LogP contribution in [-0.2, 0) is 6.54 Å². The Labute approximate surface area is 126 Å². The van der Waals surface area contributed by atoms with Gasteiger partial charge in [-0.1, -0.05) is 29.8 Å². The van der Waals surface area contributed by atoms with E-state index in [0.29, 0.717) is 11.4 Å². The van der Waals surface area contributed by atoms with E-state index < -0.39 is 0 Å². The second kappa shape index (κ2) is 5.85. The van der Waals surface area contributed by atoms with Crippen molar-refractivity contribution in [3.63, 3.8) is 0 Å². The van der Waals surface area contributed by atoms with Crippen molar-refractivity contribution in [1.82, 2.24) is 20.2 Å². The van der Waals surface area contributed by atoms with Crippen LogP contribution in [0.2, 0.25) is 0 Å². The summed E-state index contributed by atoms with van der Waals surface area (Å²) in [5.74, 6) is -0.0320. The maximum absolute atomic E-state index is 12.9. The van der Waals surface area contributed by atoms with Gasteiger partial charge in [0, 0.05) is 11.1 Å². The smallest absolute Gasteiger partial charge is 0.184 e. The Morgan fingerprint density at radius 1 is 1.09 bits per heavy atom. The minimum absolute atomic E-state index is 0.00183. The predicted octanol–water partition coefficient (Wildman–Crippen LogP) is 2.67. The van der Waals surface area contributed by atoms with Crippen molar-refractivity contribution in [2.24, 2.45) is 0 Å². The van der Waals surface area contributed by atoms with Gasteiger partial charge in [0.05, 0.1) is 0 Å². The topological polar surface area (TPSA) is 60.7 Å². The van der Waals surface area contributed by atoms with Gasteiger partial charge in [-0.15, -0.1) is 5.10 Å². The van der Waals surface area contributed by atoms with Gasteiger partial charge in [0.15, 0.2) is 11.6 Å². The average Bonchev–Trinajstić information content (AvgIpc) is 2.97. The highest BCUT2D eigenvalue weighted by atomic mass is 19.1. The predicted molar refractivity (Wildman–Crippen MR) is 78.7 cm³/mol. The molecule has 5 nitrogen and oxygen atoms in total. The van der Waals surface area contributed by atoms with Crippen molar-refractivity contribution in [2.45, 2.75) is 13.5 Å². The van der Waals surface area contributed by atoms with Crippen LogP contribution in [0.3, 0.4) is 0 Å². The summed E-state index contributed by atoms with van der Waals surface area (Å²) in [6, 6.07) is 13.1. The normalized spacial score (nSPS) is 10.6. The van der Waals surface area contributed by atoms with Crippen LogP contribution in [0, 0.1) is 12.7 Å². The summed E-state index contributed by atoms with van der Waals surface area (Å²) in [6.45, 7) is 1.99. The largest absolute Gasteiger partial charge is 0.292 e. The third-order valence-electron chi connectivity index (χ3n) is 3.30. The molecule has 1 heterocycles. The molecule has 6 heteroatoms. The first-order valence-electron chi connectivity index (χ1n) is 6.75. The maximum atomic E-state index is 12.9. The molecule has 0 bridgehead atoms. The molecule has 0 fully saturated rings. The fourth-order valence-corrected chi connectivity index (χ4v) is 2.08. The summed E-state index contributed by atoms with van der Waals surface area (Å²) < 4.78 is 14.3. The van der Waals surface area contributed by atoms with E-state index in [4.69, 9.17) is 0 Å². The minimum atomic E-state index is -0.376. The molecule has 0 N–H and O–H groups in total. The number of rotatable bonds is 4. The number of Topliss-reactive ketones (excluding diaryl/α,β-unsaturated/α-hetero) is 1. The standard InChI is InChI=1S/C16H13FN4O/c1-11-2-4-13(5-3-11)16-18-19-20-21(16)10-15(22)12-6-8-14(17)9-7-12/h2-9H,10H2,1H3. The Morgan fingerprint density at radius 3 is 2.45 bits per heavy atom. The third-order valence-corrected chi connectivity index (χ3v) is 3.30. The van der Waals surface area contributed by atoms with Crippen LogP contribution < -0.4 is 0 Å². The van der Waals surface area contributed by atoms with E-state index in [0.717, 1.165) is 11.1 Å². The van der Waals surface area contributed by atoms with Gasteiger partial charge in [0.2, 0.25) is 0 Å². The lowest BCUT2D eigenvalue weighted by molar-refractivity contribution is 0.0967. The number of aromatic nitrogens is 4. The van der Waals surface area contributed by atoms with Crippen LogP contribution >= 0.6 is 0 Å². The van der Waals surface area contributed by atoms with Gasteiger partial charge >= 0.3 is 0 Å². The average molecular weight is 296 g/mol. The second-order valence-electron chi connectivity index (χ2n) is 4.96. The summed E-state index contributed by atoms with van der Waals surface area (Å²) in [5, 5.41) is 11.5. The van der Waals surface area contributed by atoms with Crippen LogP contribution in [0.1, 0.15) is 15.9 Å². The Kier molecular flexibility index (Phi) is 3.74. The molecule has 0 saturated carbocycles. The molecule has 1 aromatic heterocycles. The molecule has 0 amide bonds. The zero-order valence-electron chi connectivity index (χ0n) is 11.9. The van der Waals surface area contributed by atoms with Gasteiger partial charge < -0.3 is 0 Å². The fourth-order valence-electron chi connectivity index (χ4n) is 2.08. The summed E-state index contributed by atoms with van der Waals surface area (Å²) in [5.41, 5.74) is 2.39. The molecule has 3 rings (SSSR count). The third kappa shape index (κ3) is 2.90. The zero-order chi connectivity index (χ0) is 15.5. The highest BCUT2D eigenvalue weighted by Crippen LogP contribution is 2.16. The van der Waals surface area contributed by atoms with Crippen molar-refractivity contribution in [3.8, 4) is 11.4 Å². The molecule has 0 radical (unpaired) electrons. The molecular weight excluding hydrogens is 283 g/mol. The number of ketones is 1. The summed E-state index contributed by atoms with van der Waals surface area (Å²) >= 11 is 0. The van der Waals surface area contributed by atoms with E-state index in [1.54, 1.807) is 0 Å². The van der Waals surface area contributed by atoms with E-state index in [9.17, 15) is 9.18 Å². The first-order chi connectivity index (χ1) is 10.6. The van der Waals surface area contributed by atoms with Gasteiger partial charge in [-0.25, -0.2) is 9.07 Å². The van der Waals surface area contributed by atoms with Crippen molar-refractivity contribution in [1.29, 1.82) is 0 Å². The summed E-state index contributed by atoms with van der Waals surface area (Å²) in [7, 11) is 0. The van der Waals surface area contributed by atoms with Crippen LogP contribution in [0.4, 0.5) is 4.39 Å². The van der Waals surface area contributed by atoms with Crippen LogP contribution in [0.5, 0.6) is 0 Å². The molecule has 2 aromatic carbocycles. The molecule has 0 aliphatic carbocycles. The van der Waals surface area contributed by atoms with E-state index in [-0.39, 0.29) is 18.1 Å². The first kappa shape index (κ1) is 14.1. The van der Waals surface area contributed by atoms with Crippen molar-refractivity contribution in [2.75, 3.05) is 0 Å². The van der Waals surface area contributed by atoms with Gasteiger partial charge in [0.25, 0.3) is 0 Å². The van der Waals surface area contributed by atoms with Gasteiger partial charge in [-0.2, -0.15) is 0 Å². The number of tetrazole rings is 1. The molecule has 0 aliphatic heterocycles. The lowest BCUT2D eigenvalue weighted by Gasteiger charge is -2.05. The number of aryl methyl sites for hydroxylation is 1. The van der Waals surface area contributed by atoms with Gasteiger partial charge in [-0.3, -0.25) is 4.79 Å².